The molecule has 1 heterocycles. The molecule has 1 aliphatic heterocycles. The zero-order chi connectivity index (χ0) is 17.6. The van der Waals surface area contributed by atoms with Crippen molar-refractivity contribution in [3.63, 3.8) is 0 Å². The summed E-state index contributed by atoms with van der Waals surface area (Å²) in [5, 5.41) is 20.6. The van der Waals surface area contributed by atoms with Crippen molar-refractivity contribution in [1.82, 2.24) is 4.90 Å². The SMILES string of the molecule is CCCC(O)(CCC)CC(=O)N1CCN(c2ccccc2O)CC1. The number of phenols is 1. The zero-order valence-corrected chi connectivity index (χ0v) is 14.9. The predicted molar refractivity (Wildman–Crippen MR) is 96.3 cm³/mol. The fourth-order valence-electron chi connectivity index (χ4n) is 3.55. The van der Waals surface area contributed by atoms with Crippen molar-refractivity contribution in [2.45, 2.75) is 51.6 Å². The smallest absolute Gasteiger partial charge is 0.225 e. The summed E-state index contributed by atoms with van der Waals surface area (Å²) in [7, 11) is 0. The van der Waals surface area contributed by atoms with E-state index in [1.807, 2.05) is 30.9 Å². The third kappa shape index (κ3) is 4.63. The average molecular weight is 334 g/mol. The topological polar surface area (TPSA) is 64.0 Å². The van der Waals surface area contributed by atoms with Gasteiger partial charge in [-0.3, -0.25) is 4.79 Å². The number of rotatable bonds is 7. The standard InChI is InChI=1S/C19H30N2O3/c1-3-9-19(24,10-4-2)15-18(23)21-13-11-20(12-14-21)16-7-5-6-8-17(16)22/h5-8,22,24H,3-4,9-15H2,1-2H3. The monoisotopic (exact) mass is 334 g/mol. The third-order valence-corrected chi connectivity index (χ3v) is 4.77. The number of carbonyl (C=O) groups is 1. The van der Waals surface area contributed by atoms with Gasteiger partial charge in [0.2, 0.25) is 5.91 Å². The van der Waals surface area contributed by atoms with Crippen LogP contribution in [0.1, 0.15) is 46.0 Å². The highest BCUT2D eigenvalue weighted by molar-refractivity contribution is 5.77. The highest BCUT2D eigenvalue weighted by atomic mass is 16.3. The van der Waals surface area contributed by atoms with E-state index < -0.39 is 5.60 Å². The van der Waals surface area contributed by atoms with E-state index in [0.717, 1.165) is 18.5 Å². The molecule has 2 N–H and O–H groups in total. The van der Waals surface area contributed by atoms with E-state index in [4.69, 9.17) is 0 Å². The molecule has 1 aromatic carbocycles. The first-order valence-electron chi connectivity index (χ1n) is 9.02. The maximum absolute atomic E-state index is 12.6. The van der Waals surface area contributed by atoms with Crippen LogP contribution in [0.15, 0.2) is 24.3 Å². The van der Waals surface area contributed by atoms with Gasteiger partial charge >= 0.3 is 0 Å². The number of piperazine rings is 1. The molecule has 1 fully saturated rings. The van der Waals surface area contributed by atoms with Crippen LogP contribution in [0.4, 0.5) is 5.69 Å². The summed E-state index contributed by atoms with van der Waals surface area (Å²) in [6.07, 6.45) is 3.32. The Bertz CT molecular complexity index is 533. The molecule has 0 aromatic heterocycles. The number of anilines is 1. The van der Waals surface area contributed by atoms with Crippen LogP contribution >= 0.6 is 0 Å². The molecule has 1 amide bonds. The summed E-state index contributed by atoms with van der Waals surface area (Å²) in [4.78, 5) is 16.5. The van der Waals surface area contributed by atoms with Crippen LogP contribution in [0.2, 0.25) is 0 Å². The molecule has 0 saturated carbocycles. The minimum atomic E-state index is -0.866. The number of aliphatic hydroxyl groups is 1. The zero-order valence-electron chi connectivity index (χ0n) is 14.9. The number of aromatic hydroxyl groups is 1. The van der Waals surface area contributed by atoms with Gasteiger partial charge in [-0.15, -0.1) is 0 Å². The van der Waals surface area contributed by atoms with E-state index >= 15 is 0 Å². The van der Waals surface area contributed by atoms with Crippen LogP contribution in [0, 0.1) is 0 Å². The number of para-hydroxylation sites is 2. The summed E-state index contributed by atoms with van der Waals surface area (Å²) in [5.41, 5.74) is -0.0480. The lowest BCUT2D eigenvalue weighted by atomic mass is 9.88. The Morgan fingerprint density at radius 1 is 1.08 bits per heavy atom. The molecule has 1 aromatic rings. The van der Waals surface area contributed by atoms with Gasteiger partial charge in [0.15, 0.2) is 0 Å². The van der Waals surface area contributed by atoms with E-state index in [0.29, 0.717) is 39.0 Å². The molecule has 0 unspecified atom stereocenters. The minimum absolute atomic E-state index is 0.0383. The molecule has 1 saturated heterocycles. The molecule has 1 aliphatic rings. The van der Waals surface area contributed by atoms with E-state index in [-0.39, 0.29) is 18.1 Å². The van der Waals surface area contributed by atoms with Gasteiger partial charge in [0.05, 0.1) is 17.7 Å². The number of hydrogen-bond donors (Lipinski definition) is 2. The Hall–Kier alpha value is -1.75. The Morgan fingerprint density at radius 2 is 1.67 bits per heavy atom. The van der Waals surface area contributed by atoms with Crippen LogP contribution < -0.4 is 4.90 Å². The number of amides is 1. The van der Waals surface area contributed by atoms with Crippen molar-refractivity contribution in [3.8, 4) is 5.75 Å². The Balaban J connectivity index is 1.91. The molecule has 0 radical (unpaired) electrons. The molecule has 0 bridgehead atoms. The lowest BCUT2D eigenvalue weighted by Gasteiger charge is -2.38. The largest absolute Gasteiger partial charge is 0.506 e. The van der Waals surface area contributed by atoms with E-state index in [1.165, 1.54) is 0 Å². The highest BCUT2D eigenvalue weighted by Crippen LogP contribution is 2.28. The quantitative estimate of drug-likeness (QED) is 0.805. The highest BCUT2D eigenvalue weighted by Gasteiger charge is 2.31. The van der Waals surface area contributed by atoms with Gasteiger partial charge in [-0.2, -0.15) is 0 Å². The van der Waals surface area contributed by atoms with Crippen molar-refractivity contribution in [3.05, 3.63) is 24.3 Å². The maximum Gasteiger partial charge on any atom is 0.225 e. The van der Waals surface area contributed by atoms with Crippen LogP contribution in [0.5, 0.6) is 5.75 Å². The van der Waals surface area contributed by atoms with Crippen LogP contribution in [-0.2, 0) is 4.79 Å². The molecule has 0 aliphatic carbocycles. The Labute approximate surface area is 144 Å². The van der Waals surface area contributed by atoms with Gasteiger partial charge in [0.25, 0.3) is 0 Å². The molecule has 2 rings (SSSR count). The summed E-state index contributed by atoms with van der Waals surface area (Å²) in [6, 6.07) is 7.29. The predicted octanol–water partition coefficient (Wildman–Crippen LogP) is 2.76. The van der Waals surface area contributed by atoms with Crippen molar-refractivity contribution in [2.24, 2.45) is 0 Å². The lowest BCUT2D eigenvalue weighted by molar-refractivity contribution is -0.137. The van der Waals surface area contributed by atoms with Crippen molar-refractivity contribution < 1.29 is 15.0 Å². The van der Waals surface area contributed by atoms with Gasteiger partial charge < -0.3 is 20.0 Å². The van der Waals surface area contributed by atoms with Crippen molar-refractivity contribution >= 4 is 11.6 Å². The molecular weight excluding hydrogens is 304 g/mol. The Morgan fingerprint density at radius 3 is 2.21 bits per heavy atom. The lowest BCUT2D eigenvalue weighted by Crippen LogP contribution is -2.50. The van der Waals surface area contributed by atoms with Crippen molar-refractivity contribution in [1.29, 1.82) is 0 Å². The van der Waals surface area contributed by atoms with E-state index in [9.17, 15) is 15.0 Å². The molecular formula is C19H30N2O3. The maximum atomic E-state index is 12.6. The van der Waals surface area contributed by atoms with Gasteiger partial charge in [-0.05, 0) is 25.0 Å². The van der Waals surface area contributed by atoms with Gasteiger partial charge in [-0.25, -0.2) is 0 Å². The molecule has 0 atom stereocenters. The van der Waals surface area contributed by atoms with Gasteiger partial charge in [-0.1, -0.05) is 38.8 Å². The van der Waals surface area contributed by atoms with E-state index in [2.05, 4.69) is 4.90 Å². The van der Waals surface area contributed by atoms with Crippen LogP contribution in [0.3, 0.4) is 0 Å². The summed E-state index contributed by atoms with van der Waals surface area (Å²) >= 11 is 0. The molecule has 134 valence electrons. The number of carbonyl (C=O) groups excluding carboxylic acids is 1. The third-order valence-electron chi connectivity index (χ3n) is 4.77. The second-order valence-corrected chi connectivity index (χ2v) is 6.76. The summed E-state index contributed by atoms with van der Waals surface area (Å²) in [5.74, 6) is 0.314. The second-order valence-electron chi connectivity index (χ2n) is 6.76. The first-order valence-corrected chi connectivity index (χ1v) is 9.02. The molecule has 5 heteroatoms. The molecule has 24 heavy (non-hydrogen) atoms. The fraction of sp³-hybridized carbons (Fsp3) is 0.632. The first kappa shape index (κ1) is 18.6. The normalized spacial score (nSPS) is 15.6. The number of benzene rings is 1. The number of nitrogens with zero attached hydrogens (tertiary/aromatic N) is 2. The van der Waals surface area contributed by atoms with Gasteiger partial charge in [0.1, 0.15) is 5.75 Å². The number of hydrogen-bond acceptors (Lipinski definition) is 4. The first-order chi connectivity index (χ1) is 11.5. The summed E-state index contributed by atoms with van der Waals surface area (Å²) < 4.78 is 0. The van der Waals surface area contributed by atoms with Crippen molar-refractivity contribution in [2.75, 3.05) is 31.1 Å². The van der Waals surface area contributed by atoms with Gasteiger partial charge in [0, 0.05) is 26.2 Å². The Kier molecular flexibility index (Phi) is 6.49. The summed E-state index contributed by atoms with van der Waals surface area (Å²) in [6.45, 7) is 6.72. The van der Waals surface area contributed by atoms with E-state index in [1.54, 1.807) is 12.1 Å². The second kappa shape index (κ2) is 8.38. The average Bonchev–Trinajstić information content (AvgIpc) is 2.55. The minimum Gasteiger partial charge on any atom is -0.506 e. The fourth-order valence-corrected chi connectivity index (χ4v) is 3.55. The molecule has 0 spiro atoms. The van der Waals surface area contributed by atoms with Crippen LogP contribution in [-0.4, -0.2) is 52.8 Å². The molecule has 5 nitrogen and oxygen atoms in total. The number of phenolic OH excluding ortho intramolecular Hbond substituents is 1. The van der Waals surface area contributed by atoms with Crippen LogP contribution in [0.25, 0.3) is 0 Å².